The number of hydrogen-bond acceptors (Lipinski definition) is 3. The number of amides is 1. The number of likely N-dealkylation sites (N-methyl/N-ethyl adjacent to an activating group) is 1. The van der Waals surface area contributed by atoms with E-state index in [0.717, 1.165) is 60.6 Å². The Hall–Kier alpha value is -2.43. The third-order valence-corrected chi connectivity index (χ3v) is 6.55. The van der Waals surface area contributed by atoms with Gasteiger partial charge in [0.05, 0.1) is 0 Å². The molecule has 0 bridgehead atoms. The molecule has 0 radical (unpaired) electrons. The predicted octanol–water partition coefficient (Wildman–Crippen LogP) is 5.83. The van der Waals surface area contributed by atoms with E-state index in [1.165, 1.54) is 32.1 Å². The summed E-state index contributed by atoms with van der Waals surface area (Å²) in [4.78, 5) is 13.2. The van der Waals surface area contributed by atoms with E-state index in [-0.39, 0.29) is 11.9 Å². The Morgan fingerprint density at radius 1 is 1.03 bits per heavy atom. The molecule has 178 valence electrons. The highest BCUT2D eigenvalue weighted by molar-refractivity contribution is 5.96. The van der Waals surface area contributed by atoms with Crippen molar-refractivity contribution < 1.29 is 9.53 Å². The van der Waals surface area contributed by atoms with Gasteiger partial charge in [-0.1, -0.05) is 80.6 Å². The lowest BCUT2D eigenvalue weighted by molar-refractivity contribution is 0.0928. The fraction of sp³-hybridized carbons (Fsp3) is 0.483. The number of unbranched alkanes of at least 4 members (excludes halogenated alkanes) is 1. The number of nitrogens with one attached hydrogen (secondary N) is 2. The molecule has 2 aromatic rings. The molecule has 4 nitrogen and oxygen atoms in total. The lowest BCUT2D eigenvalue weighted by atomic mass is 9.84. The maximum atomic E-state index is 13.2. The van der Waals surface area contributed by atoms with Crippen LogP contribution < -0.4 is 10.6 Å². The number of methoxy groups -OCH3 is 1. The summed E-state index contributed by atoms with van der Waals surface area (Å²) in [5.74, 6) is 0.739. The number of carbonyl (C=O) groups excluding carboxylic acids is 1. The molecule has 0 spiro atoms. The second-order valence-electron chi connectivity index (χ2n) is 9.17. The van der Waals surface area contributed by atoms with Crippen molar-refractivity contribution in [3.63, 3.8) is 0 Å². The summed E-state index contributed by atoms with van der Waals surface area (Å²) >= 11 is 0. The van der Waals surface area contributed by atoms with E-state index in [1.807, 2.05) is 31.3 Å². The maximum Gasteiger partial charge on any atom is 0.251 e. The fourth-order valence-corrected chi connectivity index (χ4v) is 4.86. The number of hydrogen-bond donors (Lipinski definition) is 2. The zero-order chi connectivity index (χ0) is 23.3. The number of carbonyl (C=O) groups is 1. The second-order valence-corrected chi connectivity index (χ2v) is 9.17. The van der Waals surface area contributed by atoms with E-state index in [2.05, 4.69) is 47.0 Å². The normalized spacial score (nSPS) is 15.9. The second kappa shape index (κ2) is 14.0. The highest BCUT2D eigenvalue weighted by Crippen LogP contribution is 2.28. The van der Waals surface area contributed by atoms with Crippen LogP contribution in [0.3, 0.4) is 0 Å². The number of benzene rings is 2. The van der Waals surface area contributed by atoms with E-state index >= 15 is 0 Å². The van der Waals surface area contributed by atoms with Crippen LogP contribution in [0.15, 0.2) is 60.7 Å². The van der Waals surface area contributed by atoms with Crippen LogP contribution in [0.2, 0.25) is 0 Å². The van der Waals surface area contributed by atoms with Gasteiger partial charge in [0, 0.05) is 31.9 Å². The van der Waals surface area contributed by atoms with Crippen LogP contribution in [0, 0.1) is 5.92 Å². The molecule has 2 aromatic carbocycles. The predicted molar refractivity (Wildman–Crippen MR) is 137 cm³/mol. The molecule has 0 unspecified atom stereocenters. The quantitative estimate of drug-likeness (QED) is 0.402. The summed E-state index contributed by atoms with van der Waals surface area (Å²) in [5.41, 5.74) is 4.12. The third kappa shape index (κ3) is 8.13. The molecule has 1 saturated carbocycles. The van der Waals surface area contributed by atoms with Gasteiger partial charge in [-0.25, -0.2) is 0 Å². The molecule has 1 atom stereocenters. The van der Waals surface area contributed by atoms with Crippen LogP contribution in [0.4, 0.5) is 0 Å². The first-order valence-electron chi connectivity index (χ1n) is 12.5. The molecular weight excluding hydrogens is 408 g/mol. The van der Waals surface area contributed by atoms with E-state index < -0.39 is 0 Å². The van der Waals surface area contributed by atoms with Crippen molar-refractivity contribution in [2.75, 3.05) is 27.3 Å². The zero-order valence-corrected chi connectivity index (χ0v) is 20.3. The third-order valence-electron chi connectivity index (χ3n) is 6.55. The summed E-state index contributed by atoms with van der Waals surface area (Å²) in [5, 5.41) is 6.57. The summed E-state index contributed by atoms with van der Waals surface area (Å²) in [6.07, 6.45) is 11.8. The Morgan fingerprint density at radius 2 is 1.76 bits per heavy atom. The van der Waals surface area contributed by atoms with Crippen LogP contribution in [0.25, 0.3) is 5.57 Å². The fourth-order valence-electron chi connectivity index (χ4n) is 4.86. The molecule has 33 heavy (non-hydrogen) atoms. The first kappa shape index (κ1) is 25.2. The van der Waals surface area contributed by atoms with E-state index in [0.29, 0.717) is 0 Å². The van der Waals surface area contributed by atoms with Crippen molar-refractivity contribution in [1.82, 2.24) is 10.6 Å². The summed E-state index contributed by atoms with van der Waals surface area (Å²) < 4.78 is 5.21. The minimum atomic E-state index is 0.0136. The standard InChI is InChI=1S/C29H40N2O2/c1-30-22-27(20-23-12-5-3-6-13-23)31-29(32)26-17-11-16-25(21-26)28(18-9-10-19-33-2)24-14-7-4-8-15-24/h4,7-8,11,14-18,21,23,27,30H,3,5-6,9-10,12-13,19-20,22H2,1-2H3,(H,31,32)/t27-/m0/s1. The van der Waals surface area contributed by atoms with Crippen LogP contribution in [-0.4, -0.2) is 39.3 Å². The van der Waals surface area contributed by atoms with Gasteiger partial charge in [-0.05, 0) is 61.1 Å². The lowest BCUT2D eigenvalue weighted by Crippen LogP contribution is -2.42. The molecule has 3 rings (SSSR count). The Morgan fingerprint density at radius 3 is 2.48 bits per heavy atom. The molecule has 0 saturated heterocycles. The van der Waals surface area contributed by atoms with Crippen LogP contribution in [0.1, 0.15) is 72.9 Å². The SMILES string of the molecule is CNC[C@H](CC1CCCCC1)NC(=O)c1cccc(C(=CCCCOC)c2ccccc2)c1. The van der Waals surface area contributed by atoms with Gasteiger partial charge in [-0.3, -0.25) is 4.79 Å². The first-order chi connectivity index (χ1) is 16.2. The maximum absolute atomic E-state index is 13.2. The number of rotatable bonds is 12. The van der Waals surface area contributed by atoms with Gasteiger partial charge in [-0.15, -0.1) is 0 Å². The Labute approximate surface area is 199 Å². The molecule has 1 aliphatic carbocycles. The molecule has 2 N–H and O–H groups in total. The van der Waals surface area contributed by atoms with E-state index in [1.54, 1.807) is 7.11 Å². The Kier molecular flexibility index (Phi) is 10.7. The molecule has 0 heterocycles. The van der Waals surface area contributed by atoms with Gasteiger partial charge in [0.1, 0.15) is 0 Å². The van der Waals surface area contributed by atoms with Crippen molar-refractivity contribution >= 4 is 11.5 Å². The lowest BCUT2D eigenvalue weighted by Gasteiger charge is -2.27. The zero-order valence-electron chi connectivity index (χ0n) is 20.3. The molecular formula is C29H40N2O2. The van der Waals surface area contributed by atoms with Crippen molar-refractivity contribution in [2.45, 2.75) is 57.4 Å². The van der Waals surface area contributed by atoms with Crippen molar-refractivity contribution in [1.29, 1.82) is 0 Å². The van der Waals surface area contributed by atoms with Gasteiger partial charge >= 0.3 is 0 Å². The van der Waals surface area contributed by atoms with Crippen molar-refractivity contribution in [3.8, 4) is 0 Å². The summed E-state index contributed by atoms with van der Waals surface area (Å²) in [6, 6.07) is 18.6. The van der Waals surface area contributed by atoms with Gasteiger partial charge in [0.15, 0.2) is 0 Å². The largest absolute Gasteiger partial charge is 0.385 e. The molecule has 0 aromatic heterocycles. The first-order valence-corrected chi connectivity index (χ1v) is 12.5. The highest BCUT2D eigenvalue weighted by atomic mass is 16.5. The van der Waals surface area contributed by atoms with Crippen LogP contribution in [-0.2, 0) is 4.74 Å². The molecule has 1 fully saturated rings. The van der Waals surface area contributed by atoms with Crippen molar-refractivity contribution in [3.05, 3.63) is 77.4 Å². The van der Waals surface area contributed by atoms with E-state index in [4.69, 9.17) is 4.74 Å². The van der Waals surface area contributed by atoms with Gasteiger partial charge in [-0.2, -0.15) is 0 Å². The average Bonchev–Trinajstić information content (AvgIpc) is 2.85. The van der Waals surface area contributed by atoms with Gasteiger partial charge in [0.2, 0.25) is 0 Å². The Balaban J connectivity index is 1.75. The molecule has 1 amide bonds. The minimum Gasteiger partial charge on any atom is -0.385 e. The minimum absolute atomic E-state index is 0.0136. The summed E-state index contributed by atoms with van der Waals surface area (Å²) in [7, 11) is 3.70. The van der Waals surface area contributed by atoms with E-state index in [9.17, 15) is 4.79 Å². The Bertz CT molecular complexity index is 872. The highest BCUT2D eigenvalue weighted by Gasteiger charge is 2.21. The number of allylic oxidation sites excluding steroid dienone is 1. The average molecular weight is 449 g/mol. The summed E-state index contributed by atoms with van der Waals surface area (Å²) in [6.45, 7) is 1.55. The van der Waals surface area contributed by atoms with Crippen LogP contribution in [0.5, 0.6) is 0 Å². The van der Waals surface area contributed by atoms with Gasteiger partial charge in [0.25, 0.3) is 5.91 Å². The van der Waals surface area contributed by atoms with Gasteiger partial charge < -0.3 is 15.4 Å². The molecule has 1 aliphatic rings. The van der Waals surface area contributed by atoms with Crippen LogP contribution >= 0.6 is 0 Å². The number of ether oxygens (including phenoxy) is 1. The van der Waals surface area contributed by atoms with Crippen molar-refractivity contribution in [2.24, 2.45) is 5.92 Å². The smallest absolute Gasteiger partial charge is 0.251 e. The molecule has 4 heteroatoms. The molecule has 0 aliphatic heterocycles. The topological polar surface area (TPSA) is 50.4 Å². The monoisotopic (exact) mass is 448 g/mol.